The molecule has 1 aromatic heterocycles. The molecule has 0 unspecified atom stereocenters. The topological polar surface area (TPSA) is 40.5 Å². The van der Waals surface area contributed by atoms with Gasteiger partial charge in [-0.05, 0) is 38.7 Å². The molecule has 1 aromatic rings. The number of amides is 1. The van der Waals surface area contributed by atoms with Crippen LogP contribution in [0, 0.1) is 12.8 Å². The molecule has 3 nitrogen and oxygen atoms in total. The van der Waals surface area contributed by atoms with Gasteiger partial charge in [0.2, 0.25) is 0 Å². The lowest BCUT2D eigenvalue weighted by atomic mass is 9.80. The molecule has 1 fully saturated rings. The monoisotopic (exact) mass is 295 g/mol. The Balaban J connectivity index is 2.18. The van der Waals surface area contributed by atoms with E-state index in [9.17, 15) is 9.90 Å². The van der Waals surface area contributed by atoms with E-state index in [1.165, 1.54) is 10.4 Å². The Hall–Kier alpha value is -0.870. The van der Waals surface area contributed by atoms with Crippen LogP contribution in [0.4, 0.5) is 0 Å². The van der Waals surface area contributed by atoms with Crippen LogP contribution in [0.3, 0.4) is 0 Å². The summed E-state index contributed by atoms with van der Waals surface area (Å²) in [6.45, 7) is 9.48. The molecule has 0 aromatic carbocycles. The van der Waals surface area contributed by atoms with Crippen LogP contribution in [0.1, 0.15) is 54.4 Å². The van der Waals surface area contributed by atoms with Gasteiger partial charge in [-0.25, -0.2) is 0 Å². The maximum Gasteiger partial charge on any atom is 0.254 e. The van der Waals surface area contributed by atoms with E-state index >= 15 is 0 Å². The Kier molecular flexibility index (Phi) is 4.55. The molecule has 4 heteroatoms. The number of aliphatic hydroxyl groups is 1. The number of hydrogen-bond acceptors (Lipinski definition) is 3. The summed E-state index contributed by atoms with van der Waals surface area (Å²) in [5, 5.41) is 12.4. The van der Waals surface area contributed by atoms with E-state index in [0.717, 1.165) is 18.4 Å². The fourth-order valence-corrected chi connectivity index (χ4v) is 4.08. The molecule has 2 heterocycles. The van der Waals surface area contributed by atoms with Gasteiger partial charge in [-0.3, -0.25) is 4.79 Å². The van der Waals surface area contributed by atoms with Crippen LogP contribution in [-0.4, -0.2) is 34.6 Å². The minimum Gasteiger partial charge on any atom is -0.390 e. The second kappa shape index (κ2) is 5.86. The van der Waals surface area contributed by atoms with E-state index in [1.807, 2.05) is 17.2 Å². The van der Waals surface area contributed by atoms with Gasteiger partial charge in [-0.15, -0.1) is 11.3 Å². The molecule has 1 aliphatic heterocycles. The molecule has 112 valence electrons. The van der Waals surface area contributed by atoms with Crippen molar-refractivity contribution in [2.24, 2.45) is 5.92 Å². The van der Waals surface area contributed by atoms with Crippen molar-refractivity contribution in [1.29, 1.82) is 0 Å². The van der Waals surface area contributed by atoms with E-state index in [-0.39, 0.29) is 11.8 Å². The summed E-state index contributed by atoms with van der Waals surface area (Å²) in [7, 11) is 0. The van der Waals surface area contributed by atoms with Crippen molar-refractivity contribution in [3.05, 3.63) is 21.4 Å². The van der Waals surface area contributed by atoms with Gasteiger partial charge >= 0.3 is 0 Å². The standard InChI is InChI=1S/C16H25NO2S/c1-5-12-9-17(8-7-16(12,4)19)15(18)14-10-20-11(3)13(14)6-2/h10,12,19H,5-9H2,1-4H3/t12-,16+/m0/s1. The Bertz CT molecular complexity index is 493. The molecular formula is C16H25NO2S. The first-order valence-corrected chi connectivity index (χ1v) is 8.37. The van der Waals surface area contributed by atoms with E-state index in [0.29, 0.717) is 19.5 Å². The molecule has 2 rings (SSSR count). The highest BCUT2D eigenvalue weighted by molar-refractivity contribution is 7.10. The third kappa shape index (κ3) is 2.77. The average molecular weight is 295 g/mol. The van der Waals surface area contributed by atoms with Gasteiger partial charge in [-0.1, -0.05) is 13.8 Å². The Labute approximate surface area is 125 Å². The van der Waals surface area contributed by atoms with Crippen LogP contribution >= 0.6 is 11.3 Å². The van der Waals surface area contributed by atoms with Crippen LogP contribution in [-0.2, 0) is 6.42 Å². The van der Waals surface area contributed by atoms with E-state index < -0.39 is 5.60 Å². The number of thiophene rings is 1. The third-order valence-electron chi connectivity index (χ3n) is 4.68. The summed E-state index contributed by atoms with van der Waals surface area (Å²) in [6, 6.07) is 0. The lowest BCUT2D eigenvalue weighted by Gasteiger charge is -2.42. The first kappa shape index (κ1) is 15.5. The van der Waals surface area contributed by atoms with Gasteiger partial charge in [0.05, 0.1) is 11.2 Å². The molecule has 0 saturated carbocycles. The molecule has 2 atom stereocenters. The van der Waals surface area contributed by atoms with Crippen molar-refractivity contribution in [2.45, 2.75) is 52.6 Å². The SMILES string of the molecule is CCc1c(C(=O)N2CC[C@@](C)(O)[C@@H](CC)C2)csc1C. The van der Waals surface area contributed by atoms with Crippen LogP contribution in [0.15, 0.2) is 5.38 Å². The van der Waals surface area contributed by atoms with E-state index in [1.54, 1.807) is 11.3 Å². The Morgan fingerprint density at radius 1 is 1.55 bits per heavy atom. The summed E-state index contributed by atoms with van der Waals surface area (Å²) in [4.78, 5) is 15.9. The molecule has 1 aliphatic rings. The van der Waals surface area contributed by atoms with Crippen molar-refractivity contribution in [3.63, 3.8) is 0 Å². The minimum atomic E-state index is -0.635. The molecule has 0 aliphatic carbocycles. The van der Waals surface area contributed by atoms with E-state index in [2.05, 4.69) is 20.8 Å². The van der Waals surface area contributed by atoms with Gasteiger partial charge in [0.25, 0.3) is 5.91 Å². The maximum absolute atomic E-state index is 12.7. The molecule has 1 amide bonds. The van der Waals surface area contributed by atoms with Gasteiger partial charge in [0.15, 0.2) is 0 Å². The second-order valence-corrected chi connectivity index (χ2v) is 7.08. The molecular weight excluding hydrogens is 270 g/mol. The number of nitrogens with zero attached hydrogens (tertiary/aromatic N) is 1. The zero-order valence-electron chi connectivity index (χ0n) is 12.9. The zero-order valence-corrected chi connectivity index (χ0v) is 13.7. The smallest absolute Gasteiger partial charge is 0.254 e. The minimum absolute atomic E-state index is 0.139. The summed E-state index contributed by atoms with van der Waals surface area (Å²) in [5.41, 5.74) is 1.42. The van der Waals surface area contributed by atoms with Crippen LogP contribution in [0.2, 0.25) is 0 Å². The fraction of sp³-hybridized carbons (Fsp3) is 0.688. The Morgan fingerprint density at radius 3 is 2.85 bits per heavy atom. The molecule has 20 heavy (non-hydrogen) atoms. The number of carbonyl (C=O) groups is 1. The second-order valence-electron chi connectivity index (χ2n) is 6.00. The van der Waals surface area contributed by atoms with Crippen molar-refractivity contribution in [2.75, 3.05) is 13.1 Å². The quantitative estimate of drug-likeness (QED) is 0.930. The number of hydrogen-bond donors (Lipinski definition) is 1. The lowest BCUT2D eigenvalue weighted by Crippen LogP contribution is -2.51. The predicted molar refractivity (Wildman–Crippen MR) is 83.4 cm³/mol. The zero-order chi connectivity index (χ0) is 14.9. The number of carbonyl (C=O) groups excluding carboxylic acids is 1. The first-order chi connectivity index (χ1) is 9.40. The largest absolute Gasteiger partial charge is 0.390 e. The van der Waals surface area contributed by atoms with Crippen LogP contribution in [0.25, 0.3) is 0 Å². The molecule has 0 radical (unpaired) electrons. The van der Waals surface area contributed by atoms with E-state index in [4.69, 9.17) is 0 Å². The molecule has 0 bridgehead atoms. The number of aryl methyl sites for hydroxylation is 1. The number of likely N-dealkylation sites (tertiary alicyclic amines) is 1. The Morgan fingerprint density at radius 2 is 2.25 bits per heavy atom. The highest BCUT2D eigenvalue weighted by atomic mass is 32.1. The summed E-state index contributed by atoms with van der Waals surface area (Å²) < 4.78 is 0. The van der Waals surface area contributed by atoms with Crippen molar-refractivity contribution >= 4 is 17.2 Å². The molecule has 0 spiro atoms. The number of piperidine rings is 1. The molecule has 1 saturated heterocycles. The van der Waals surface area contributed by atoms with Crippen LogP contribution < -0.4 is 0 Å². The highest BCUT2D eigenvalue weighted by Crippen LogP contribution is 2.32. The summed E-state index contributed by atoms with van der Waals surface area (Å²) in [6.07, 6.45) is 2.47. The summed E-state index contributed by atoms with van der Waals surface area (Å²) >= 11 is 1.66. The third-order valence-corrected chi connectivity index (χ3v) is 5.63. The first-order valence-electron chi connectivity index (χ1n) is 7.49. The fourth-order valence-electron chi connectivity index (χ4n) is 3.14. The maximum atomic E-state index is 12.7. The highest BCUT2D eigenvalue weighted by Gasteiger charge is 2.38. The molecule has 1 N–H and O–H groups in total. The van der Waals surface area contributed by atoms with Crippen molar-refractivity contribution in [1.82, 2.24) is 4.90 Å². The summed E-state index contributed by atoms with van der Waals surface area (Å²) in [5.74, 6) is 0.310. The van der Waals surface area contributed by atoms with Crippen molar-refractivity contribution in [3.8, 4) is 0 Å². The van der Waals surface area contributed by atoms with Gasteiger partial charge in [0, 0.05) is 29.3 Å². The van der Waals surface area contributed by atoms with Gasteiger partial charge in [0.1, 0.15) is 0 Å². The normalized spacial score (nSPS) is 26.9. The van der Waals surface area contributed by atoms with Gasteiger partial charge < -0.3 is 10.0 Å². The van der Waals surface area contributed by atoms with Crippen LogP contribution in [0.5, 0.6) is 0 Å². The number of rotatable bonds is 3. The average Bonchev–Trinajstić information content (AvgIpc) is 2.78. The van der Waals surface area contributed by atoms with Gasteiger partial charge in [-0.2, -0.15) is 0 Å². The predicted octanol–water partition coefficient (Wildman–Crippen LogP) is 3.24. The van der Waals surface area contributed by atoms with Crippen molar-refractivity contribution < 1.29 is 9.90 Å². The lowest BCUT2D eigenvalue weighted by molar-refractivity contribution is -0.0521.